The second kappa shape index (κ2) is 5.35. The highest BCUT2D eigenvalue weighted by Crippen LogP contribution is 2.33. The molecule has 0 saturated heterocycles. The smallest absolute Gasteiger partial charge is 0.266 e. The van der Waals surface area contributed by atoms with Crippen molar-refractivity contribution in [1.82, 2.24) is 4.98 Å². The Morgan fingerprint density at radius 2 is 2.05 bits per heavy atom. The van der Waals surface area contributed by atoms with Gasteiger partial charge in [0.25, 0.3) is 5.56 Å². The van der Waals surface area contributed by atoms with Gasteiger partial charge in [-0.3, -0.25) is 4.79 Å². The molecule has 0 amide bonds. The molecule has 1 aliphatic heterocycles. The fourth-order valence-electron chi connectivity index (χ4n) is 2.45. The lowest BCUT2D eigenvalue weighted by atomic mass is 9.94. The number of aromatic amines is 1. The second-order valence-corrected chi connectivity index (χ2v) is 6.12. The first kappa shape index (κ1) is 13.3. The van der Waals surface area contributed by atoms with E-state index in [1.807, 2.05) is 30.0 Å². The van der Waals surface area contributed by atoms with Crippen LogP contribution in [-0.4, -0.2) is 10.7 Å². The Labute approximate surface area is 125 Å². The number of benzene rings is 1. The number of nitrogens with zero attached hydrogens (tertiary/aromatic N) is 1. The van der Waals surface area contributed by atoms with E-state index in [1.165, 1.54) is 0 Å². The minimum absolute atomic E-state index is 0.188. The Hall–Kier alpha value is -1.70. The third-order valence-corrected chi connectivity index (χ3v) is 4.63. The highest BCUT2D eigenvalue weighted by atomic mass is 35.5. The van der Waals surface area contributed by atoms with Crippen LogP contribution in [0.3, 0.4) is 0 Å². The molecule has 0 unspecified atom stereocenters. The summed E-state index contributed by atoms with van der Waals surface area (Å²) in [6.07, 6.45) is 0.835. The Balaban J connectivity index is 2.32. The van der Waals surface area contributed by atoms with E-state index in [-0.39, 0.29) is 11.1 Å². The minimum atomic E-state index is -0.303. The van der Waals surface area contributed by atoms with Crippen molar-refractivity contribution in [1.29, 1.82) is 5.26 Å². The van der Waals surface area contributed by atoms with Crippen molar-refractivity contribution >= 4 is 23.4 Å². The number of aryl methyl sites for hydroxylation is 1. The van der Waals surface area contributed by atoms with Crippen LogP contribution in [0.4, 0.5) is 0 Å². The van der Waals surface area contributed by atoms with Crippen LogP contribution in [0.15, 0.2) is 29.1 Å². The lowest BCUT2D eigenvalue weighted by Crippen LogP contribution is -2.20. The predicted octanol–water partition coefficient (Wildman–Crippen LogP) is 3.36. The zero-order valence-corrected chi connectivity index (χ0v) is 12.1. The number of hydrogen-bond donors (Lipinski definition) is 1. The SMILES string of the molecule is N#Cc1c(-c2ccc(Cl)cc2)c2c([nH]c1=O)CCSC2. The number of nitriles is 1. The first-order chi connectivity index (χ1) is 9.70. The third-order valence-electron chi connectivity index (χ3n) is 3.40. The fraction of sp³-hybridized carbons (Fsp3) is 0.200. The molecule has 100 valence electrons. The van der Waals surface area contributed by atoms with E-state index in [2.05, 4.69) is 4.98 Å². The van der Waals surface area contributed by atoms with Crippen LogP contribution in [0.25, 0.3) is 11.1 Å². The van der Waals surface area contributed by atoms with Crippen LogP contribution in [0.2, 0.25) is 5.02 Å². The molecule has 2 aromatic rings. The number of aromatic nitrogens is 1. The normalized spacial score (nSPS) is 13.6. The average Bonchev–Trinajstić information content (AvgIpc) is 2.47. The van der Waals surface area contributed by atoms with Crippen molar-refractivity contribution in [3.8, 4) is 17.2 Å². The lowest BCUT2D eigenvalue weighted by Gasteiger charge is -2.19. The highest BCUT2D eigenvalue weighted by molar-refractivity contribution is 7.98. The van der Waals surface area contributed by atoms with Gasteiger partial charge in [0.1, 0.15) is 11.6 Å². The first-order valence-electron chi connectivity index (χ1n) is 6.22. The summed E-state index contributed by atoms with van der Waals surface area (Å²) in [4.78, 5) is 14.9. The summed E-state index contributed by atoms with van der Waals surface area (Å²) in [5.74, 6) is 1.81. The molecule has 2 heterocycles. The lowest BCUT2D eigenvalue weighted by molar-refractivity contribution is 0.969. The maximum Gasteiger partial charge on any atom is 0.266 e. The monoisotopic (exact) mass is 302 g/mol. The molecular formula is C15H11ClN2OS. The number of nitrogens with one attached hydrogen (secondary N) is 1. The Kier molecular flexibility index (Phi) is 3.56. The first-order valence-corrected chi connectivity index (χ1v) is 7.76. The van der Waals surface area contributed by atoms with Crippen LogP contribution >= 0.6 is 23.4 Å². The van der Waals surface area contributed by atoms with Gasteiger partial charge < -0.3 is 4.98 Å². The maximum absolute atomic E-state index is 12.1. The van der Waals surface area contributed by atoms with Crippen LogP contribution in [0, 0.1) is 11.3 Å². The number of fused-ring (bicyclic) bond motifs is 1. The number of H-pyrrole nitrogens is 1. The molecule has 1 N–H and O–H groups in total. The molecule has 20 heavy (non-hydrogen) atoms. The topological polar surface area (TPSA) is 56.6 Å². The molecule has 0 bridgehead atoms. The molecule has 1 aromatic heterocycles. The van der Waals surface area contributed by atoms with Crippen molar-refractivity contribution in [2.75, 3.05) is 5.75 Å². The van der Waals surface area contributed by atoms with Crippen LogP contribution in [-0.2, 0) is 12.2 Å². The van der Waals surface area contributed by atoms with Gasteiger partial charge in [0, 0.05) is 22.0 Å². The average molecular weight is 303 g/mol. The zero-order valence-electron chi connectivity index (χ0n) is 10.6. The van der Waals surface area contributed by atoms with Crippen molar-refractivity contribution in [3.63, 3.8) is 0 Å². The molecule has 0 saturated carbocycles. The van der Waals surface area contributed by atoms with E-state index in [9.17, 15) is 10.1 Å². The standard InChI is InChI=1S/C15H11ClN2OS/c16-10-3-1-9(2-4-10)14-11(7-17)15(19)18-13-5-6-20-8-12(13)14/h1-4H,5-6,8H2,(H,18,19). The summed E-state index contributed by atoms with van der Waals surface area (Å²) in [5.41, 5.74) is 3.54. The van der Waals surface area contributed by atoms with Crippen molar-refractivity contribution in [3.05, 3.63) is 56.5 Å². The van der Waals surface area contributed by atoms with Gasteiger partial charge in [0.2, 0.25) is 0 Å². The number of pyridine rings is 1. The van der Waals surface area contributed by atoms with Gasteiger partial charge in [-0.2, -0.15) is 17.0 Å². The van der Waals surface area contributed by atoms with Crippen molar-refractivity contribution in [2.45, 2.75) is 12.2 Å². The number of hydrogen-bond acceptors (Lipinski definition) is 3. The molecule has 0 fully saturated rings. The van der Waals surface area contributed by atoms with Gasteiger partial charge in [-0.15, -0.1) is 0 Å². The summed E-state index contributed by atoms with van der Waals surface area (Å²) >= 11 is 7.73. The molecule has 0 aliphatic carbocycles. The van der Waals surface area contributed by atoms with Crippen molar-refractivity contribution in [2.24, 2.45) is 0 Å². The number of rotatable bonds is 1. The maximum atomic E-state index is 12.1. The summed E-state index contributed by atoms with van der Waals surface area (Å²) < 4.78 is 0. The molecule has 0 spiro atoms. The van der Waals surface area contributed by atoms with Gasteiger partial charge in [-0.25, -0.2) is 0 Å². The van der Waals surface area contributed by atoms with Gasteiger partial charge in [0.15, 0.2) is 0 Å². The van der Waals surface area contributed by atoms with Gasteiger partial charge in [0.05, 0.1) is 0 Å². The summed E-state index contributed by atoms with van der Waals surface area (Å²) in [6.45, 7) is 0. The molecule has 3 nitrogen and oxygen atoms in total. The molecule has 0 radical (unpaired) electrons. The Morgan fingerprint density at radius 1 is 1.30 bits per heavy atom. The zero-order chi connectivity index (χ0) is 14.1. The van der Waals surface area contributed by atoms with Crippen LogP contribution < -0.4 is 5.56 Å². The summed E-state index contributed by atoms with van der Waals surface area (Å²) in [5, 5.41) is 9.95. The highest BCUT2D eigenvalue weighted by Gasteiger charge is 2.21. The van der Waals surface area contributed by atoms with E-state index in [0.717, 1.165) is 40.3 Å². The molecule has 1 aromatic carbocycles. The summed E-state index contributed by atoms with van der Waals surface area (Å²) in [7, 11) is 0. The van der Waals surface area contributed by atoms with Crippen molar-refractivity contribution < 1.29 is 0 Å². The van der Waals surface area contributed by atoms with Crippen LogP contribution in [0.1, 0.15) is 16.8 Å². The van der Waals surface area contributed by atoms with E-state index >= 15 is 0 Å². The predicted molar refractivity (Wildman–Crippen MR) is 82.1 cm³/mol. The van der Waals surface area contributed by atoms with E-state index in [4.69, 9.17) is 11.6 Å². The van der Waals surface area contributed by atoms with E-state index in [0.29, 0.717) is 5.02 Å². The molecule has 1 aliphatic rings. The molecule has 0 atom stereocenters. The third kappa shape index (κ3) is 2.24. The molecule has 3 rings (SSSR count). The van der Waals surface area contributed by atoms with E-state index < -0.39 is 0 Å². The van der Waals surface area contributed by atoms with Crippen LogP contribution in [0.5, 0.6) is 0 Å². The molecule has 5 heteroatoms. The second-order valence-electron chi connectivity index (χ2n) is 4.58. The fourth-order valence-corrected chi connectivity index (χ4v) is 3.59. The number of halogens is 1. The van der Waals surface area contributed by atoms with Gasteiger partial charge >= 0.3 is 0 Å². The van der Waals surface area contributed by atoms with Gasteiger partial charge in [-0.1, -0.05) is 23.7 Å². The summed E-state index contributed by atoms with van der Waals surface area (Å²) in [6, 6.07) is 9.32. The van der Waals surface area contributed by atoms with E-state index in [1.54, 1.807) is 12.1 Å². The molecular weight excluding hydrogens is 292 g/mol. The minimum Gasteiger partial charge on any atom is -0.325 e. The largest absolute Gasteiger partial charge is 0.325 e. The Morgan fingerprint density at radius 3 is 2.75 bits per heavy atom. The number of thioether (sulfide) groups is 1. The van der Waals surface area contributed by atoms with Gasteiger partial charge in [-0.05, 0) is 35.4 Å². The quantitative estimate of drug-likeness (QED) is 0.879. The Bertz CT molecular complexity index is 759.